The van der Waals surface area contributed by atoms with Gasteiger partial charge in [0.1, 0.15) is 0 Å². The number of nitrogens with zero attached hydrogens (tertiary/aromatic N) is 1. The lowest BCUT2D eigenvalue weighted by molar-refractivity contribution is -0.121. The summed E-state index contributed by atoms with van der Waals surface area (Å²) in [5, 5.41) is 2.85. The Morgan fingerprint density at radius 3 is 2.50 bits per heavy atom. The lowest BCUT2D eigenvalue weighted by atomic mass is 10.1. The molecule has 0 fully saturated rings. The highest BCUT2D eigenvalue weighted by molar-refractivity contribution is 7.92. The third-order valence-electron chi connectivity index (χ3n) is 3.81. The number of sulfonamides is 1. The van der Waals surface area contributed by atoms with Crippen molar-refractivity contribution in [3.05, 3.63) is 29.3 Å². The molecule has 1 unspecified atom stereocenters. The fourth-order valence-corrected chi connectivity index (χ4v) is 3.10. The summed E-state index contributed by atoms with van der Waals surface area (Å²) < 4.78 is 25.5. The zero-order valence-electron chi connectivity index (χ0n) is 14.0. The average molecular weight is 326 g/mol. The lowest BCUT2D eigenvalue weighted by Gasteiger charge is -2.25. The minimum Gasteiger partial charge on any atom is -0.354 e. The molecular formula is C16H26N2O3S. The molecule has 0 aliphatic rings. The van der Waals surface area contributed by atoms with Gasteiger partial charge in [-0.3, -0.25) is 9.10 Å². The van der Waals surface area contributed by atoms with Gasteiger partial charge in [-0.2, -0.15) is 0 Å². The minimum atomic E-state index is -3.43. The number of anilines is 1. The van der Waals surface area contributed by atoms with E-state index in [0.29, 0.717) is 5.69 Å². The van der Waals surface area contributed by atoms with E-state index in [-0.39, 0.29) is 24.9 Å². The zero-order valence-corrected chi connectivity index (χ0v) is 14.8. The zero-order chi connectivity index (χ0) is 16.9. The van der Waals surface area contributed by atoms with Crippen molar-refractivity contribution >= 4 is 21.6 Å². The summed E-state index contributed by atoms with van der Waals surface area (Å²) in [6.45, 7) is 7.89. The predicted molar refractivity (Wildman–Crippen MR) is 90.6 cm³/mol. The number of carbonyl (C=O) groups excluding carboxylic acids is 1. The lowest BCUT2D eigenvalue weighted by Crippen LogP contribution is -2.37. The summed E-state index contributed by atoms with van der Waals surface area (Å²) >= 11 is 0. The molecule has 6 heteroatoms. The van der Waals surface area contributed by atoms with Gasteiger partial charge in [0.25, 0.3) is 0 Å². The summed E-state index contributed by atoms with van der Waals surface area (Å²) in [7, 11) is -3.43. The number of aryl methyl sites for hydroxylation is 1. The fraction of sp³-hybridized carbons (Fsp3) is 0.562. The molecule has 0 aromatic heterocycles. The molecule has 0 bridgehead atoms. The Hall–Kier alpha value is -1.56. The second-order valence-electron chi connectivity index (χ2n) is 5.68. The van der Waals surface area contributed by atoms with Crippen molar-refractivity contribution in [2.45, 2.75) is 46.6 Å². The van der Waals surface area contributed by atoms with Gasteiger partial charge in [-0.1, -0.05) is 19.1 Å². The molecule has 0 saturated heterocycles. The molecule has 1 aromatic carbocycles. The predicted octanol–water partition coefficient (Wildman–Crippen LogP) is 2.37. The Kier molecular flexibility index (Phi) is 6.41. The van der Waals surface area contributed by atoms with Gasteiger partial charge in [0, 0.05) is 19.0 Å². The maximum atomic E-state index is 12.1. The summed E-state index contributed by atoms with van der Waals surface area (Å²) in [5.74, 6) is -0.131. The Morgan fingerprint density at radius 1 is 1.32 bits per heavy atom. The molecule has 0 saturated carbocycles. The van der Waals surface area contributed by atoms with E-state index in [1.165, 1.54) is 10.6 Å². The number of benzene rings is 1. The number of hydrogen-bond donors (Lipinski definition) is 1. The van der Waals surface area contributed by atoms with E-state index in [1.54, 1.807) is 6.07 Å². The molecule has 1 rings (SSSR count). The van der Waals surface area contributed by atoms with Gasteiger partial charge in [0.05, 0.1) is 11.9 Å². The van der Waals surface area contributed by atoms with Gasteiger partial charge in [-0.25, -0.2) is 8.42 Å². The molecule has 124 valence electrons. The van der Waals surface area contributed by atoms with Crippen LogP contribution < -0.4 is 9.62 Å². The van der Waals surface area contributed by atoms with Crippen molar-refractivity contribution in [3.8, 4) is 0 Å². The molecule has 0 radical (unpaired) electrons. The number of amides is 1. The number of carbonyl (C=O) groups is 1. The first kappa shape index (κ1) is 18.5. The first-order valence-corrected chi connectivity index (χ1v) is 9.35. The monoisotopic (exact) mass is 326 g/mol. The first-order valence-electron chi connectivity index (χ1n) is 7.50. The molecule has 1 atom stereocenters. The third kappa shape index (κ3) is 5.02. The smallest absolute Gasteiger partial charge is 0.232 e. The van der Waals surface area contributed by atoms with Gasteiger partial charge in [0.2, 0.25) is 15.9 Å². The summed E-state index contributed by atoms with van der Waals surface area (Å²) in [4.78, 5) is 11.9. The topological polar surface area (TPSA) is 66.5 Å². The molecule has 1 N–H and O–H groups in total. The van der Waals surface area contributed by atoms with E-state index in [2.05, 4.69) is 5.32 Å². The average Bonchev–Trinajstić information content (AvgIpc) is 2.41. The van der Waals surface area contributed by atoms with Crippen LogP contribution in [0.25, 0.3) is 0 Å². The molecule has 1 amide bonds. The molecule has 0 aliphatic carbocycles. The van der Waals surface area contributed by atoms with Crippen LogP contribution in [0.5, 0.6) is 0 Å². The Bertz CT molecular complexity index is 626. The van der Waals surface area contributed by atoms with Crippen LogP contribution in [0.2, 0.25) is 0 Å². The number of rotatable bonds is 7. The highest BCUT2D eigenvalue weighted by Gasteiger charge is 2.21. The van der Waals surface area contributed by atoms with E-state index in [1.807, 2.05) is 39.8 Å². The Balaban J connectivity index is 2.93. The van der Waals surface area contributed by atoms with Gasteiger partial charge < -0.3 is 5.32 Å². The standard InChI is InChI=1S/C16H26N2O3S/c1-6-13(3)17-16(19)10-11-18(22(5,20)21)15-9-7-8-12(2)14(15)4/h7-9,13H,6,10-11H2,1-5H3,(H,17,19). The summed E-state index contributed by atoms with van der Waals surface area (Å²) in [6.07, 6.45) is 2.16. The van der Waals surface area contributed by atoms with E-state index >= 15 is 0 Å². The molecule has 0 aliphatic heterocycles. The maximum Gasteiger partial charge on any atom is 0.232 e. The van der Waals surface area contributed by atoms with E-state index in [4.69, 9.17) is 0 Å². The van der Waals surface area contributed by atoms with Gasteiger partial charge >= 0.3 is 0 Å². The summed E-state index contributed by atoms with van der Waals surface area (Å²) in [6, 6.07) is 5.64. The van der Waals surface area contributed by atoms with Crippen LogP contribution in [0.3, 0.4) is 0 Å². The van der Waals surface area contributed by atoms with E-state index < -0.39 is 10.0 Å². The summed E-state index contributed by atoms with van der Waals surface area (Å²) in [5.41, 5.74) is 2.57. The van der Waals surface area contributed by atoms with Crippen molar-refractivity contribution < 1.29 is 13.2 Å². The fourth-order valence-electron chi connectivity index (χ4n) is 2.12. The van der Waals surface area contributed by atoms with Crippen molar-refractivity contribution in [2.75, 3.05) is 17.1 Å². The third-order valence-corrected chi connectivity index (χ3v) is 4.99. The van der Waals surface area contributed by atoms with Crippen LogP contribution in [-0.4, -0.2) is 33.2 Å². The van der Waals surface area contributed by atoms with Crippen molar-refractivity contribution in [1.82, 2.24) is 5.32 Å². The molecule has 0 heterocycles. The van der Waals surface area contributed by atoms with Crippen molar-refractivity contribution in [3.63, 3.8) is 0 Å². The number of hydrogen-bond acceptors (Lipinski definition) is 3. The molecule has 22 heavy (non-hydrogen) atoms. The SMILES string of the molecule is CCC(C)NC(=O)CCN(c1cccc(C)c1C)S(C)(=O)=O. The van der Waals surface area contributed by atoms with E-state index in [0.717, 1.165) is 17.5 Å². The van der Waals surface area contributed by atoms with Crippen molar-refractivity contribution in [2.24, 2.45) is 0 Å². The number of nitrogens with one attached hydrogen (secondary N) is 1. The van der Waals surface area contributed by atoms with Crippen LogP contribution in [0, 0.1) is 13.8 Å². The second-order valence-corrected chi connectivity index (χ2v) is 7.59. The van der Waals surface area contributed by atoms with Gasteiger partial charge in [-0.05, 0) is 44.4 Å². The second kappa shape index (κ2) is 7.63. The van der Waals surface area contributed by atoms with Gasteiger partial charge in [-0.15, -0.1) is 0 Å². The van der Waals surface area contributed by atoms with Crippen LogP contribution in [0.15, 0.2) is 18.2 Å². The first-order chi connectivity index (χ1) is 10.2. The quantitative estimate of drug-likeness (QED) is 0.836. The normalized spacial score (nSPS) is 12.8. The van der Waals surface area contributed by atoms with Gasteiger partial charge in [0.15, 0.2) is 0 Å². The highest BCUT2D eigenvalue weighted by atomic mass is 32.2. The Morgan fingerprint density at radius 2 is 1.95 bits per heavy atom. The molecule has 5 nitrogen and oxygen atoms in total. The Labute approximate surface area is 133 Å². The van der Waals surface area contributed by atoms with E-state index in [9.17, 15) is 13.2 Å². The minimum absolute atomic E-state index is 0.0971. The molecule has 1 aromatic rings. The van der Waals surface area contributed by atoms with Crippen LogP contribution in [0.4, 0.5) is 5.69 Å². The van der Waals surface area contributed by atoms with Crippen LogP contribution in [0.1, 0.15) is 37.8 Å². The van der Waals surface area contributed by atoms with Crippen LogP contribution >= 0.6 is 0 Å². The molecular weight excluding hydrogens is 300 g/mol. The largest absolute Gasteiger partial charge is 0.354 e. The van der Waals surface area contributed by atoms with Crippen LogP contribution in [-0.2, 0) is 14.8 Å². The van der Waals surface area contributed by atoms with Crippen molar-refractivity contribution in [1.29, 1.82) is 0 Å². The maximum absolute atomic E-state index is 12.1. The molecule has 0 spiro atoms. The highest BCUT2D eigenvalue weighted by Crippen LogP contribution is 2.25.